The summed E-state index contributed by atoms with van der Waals surface area (Å²) in [7, 11) is -0.946. The summed E-state index contributed by atoms with van der Waals surface area (Å²) in [4.78, 5) is 11.6. The zero-order chi connectivity index (χ0) is 21.8. The van der Waals surface area contributed by atoms with E-state index in [1.165, 1.54) is 5.32 Å². The van der Waals surface area contributed by atoms with E-state index in [-0.39, 0.29) is 10.1 Å². The van der Waals surface area contributed by atoms with Crippen LogP contribution < -0.4 is 16.4 Å². The predicted molar refractivity (Wildman–Crippen MR) is 117 cm³/mol. The van der Waals surface area contributed by atoms with Gasteiger partial charge in [-0.2, -0.15) is 5.10 Å². The van der Waals surface area contributed by atoms with Crippen LogP contribution in [0.5, 0.6) is 0 Å². The number of carbonyl (C=O) groups is 1. The van der Waals surface area contributed by atoms with E-state index in [0.717, 1.165) is 0 Å². The fourth-order valence-electron chi connectivity index (χ4n) is 3.49. The van der Waals surface area contributed by atoms with Gasteiger partial charge in [0, 0.05) is 11.9 Å². The van der Waals surface area contributed by atoms with Crippen molar-refractivity contribution in [2.45, 2.75) is 84.5 Å². The predicted octanol–water partition coefficient (Wildman–Crippen LogP) is 3.31. The van der Waals surface area contributed by atoms with E-state index >= 15 is 0 Å². The van der Waals surface area contributed by atoms with Crippen LogP contribution in [0.3, 0.4) is 0 Å². The van der Waals surface area contributed by atoms with Crippen molar-refractivity contribution in [1.82, 2.24) is 15.1 Å². The fraction of sp³-hybridized carbons (Fsp3) is 0.800. The van der Waals surface area contributed by atoms with Gasteiger partial charge in [0.1, 0.15) is 20.2 Å². The smallest absolute Gasteiger partial charge is 0.407 e. The van der Waals surface area contributed by atoms with E-state index in [0.29, 0.717) is 32.1 Å². The first-order chi connectivity index (χ1) is 12.6. The highest BCUT2D eigenvalue weighted by molar-refractivity contribution is 6.77. The number of nitrogens with one attached hydrogen (secondary N) is 1. The molecule has 0 fully saturated rings. The molecule has 0 spiro atoms. The second-order valence-electron chi connectivity index (χ2n) is 10.1. The Kier molecular flexibility index (Phi) is 8.14. The SMILES string of the molecule is CC(C)(C)OC(=O)NCCOCCn1nc(N)cc1[Si](C(C)(C)C)C(C)(C)C. The molecule has 0 aliphatic rings. The van der Waals surface area contributed by atoms with Crippen LogP contribution in [0.1, 0.15) is 62.3 Å². The van der Waals surface area contributed by atoms with Crippen molar-refractivity contribution in [3.05, 3.63) is 6.07 Å². The molecule has 1 heterocycles. The van der Waals surface area contributed by atoms with Crippen LogP contribution in [-0.2, 0) is 16.0 Å². The minimum atomic E-state index is -0.946. The number of aromatic nitrogens is 2. The quantitative estimate of drug-likeness (QED) is 0.530. The lowest BCUT2D eigenvalue weighted by Gasteiger charge is -2.39. The van der Waals surface area contributed by atoms with Gasteiger partial charge in [0.2, 0.25) is 0 Å². The molecule has 0 aliphatic heterocycles. The van der Waals surface area contributed by atoms with Crippen molar-refractivity contribution >= 4 is 26.0 Å². The number of carbonyl (C=O) groups excluding carboxylic acids is 1. The number of anilines is 1. The van der Waals surface area contributed by atoms with Crippen LogP contribution in [0, 0.1) is 0 Å². The van der Waals surface area contributed by atoms with Gasteiger partial charge in [-0.25, -0.2) is 4.79 Å². The van der Waals surface area contributed by atoms with Crippen LogP contribution in [0.25, 0.3) is 0 Å². The summed E-state index contributed by atoms with van der Waals surface area (Å²) in [6.45, 7) is 21.2. The van der Waals surface area contributed by atoms with E-state index in [1.54, 1.807) is 0 Å². The standard InChI is InChI=1S/C20H39N4O3Si/c1-18(2,3)27-17(25)22-10-12-26-13-11-24-16(14-15(21)23-24)28(19(4,5)6)20(7,8)9/h14H,10-13H2,1-9H3,(H2,21,23)(H,22,25). The first kappa shape index (κ1) is 24.5. The normalized spacial score (nSPS) is 13.1. The maximum atomic E-state index is 11.6. The van der Waals surface area contributed by atoms with E-state index < -0.39 is 20.5 Å². The topological polar surface area (TPSA) is 91.4 Å². The van der Waals surface area contributed by atoms with Crippen LogP contribution in [0.2, 0.25) is 10.1 Å². The fourth-order valence-corrected chi connectivity index (χ4v) is 7.99. The van der Waals surface area contributed by atoms with Gasteiger partial charge in [-0.15, -0.1) is 0 Å². The van der Waals surface area contributed by atoms with Crippen LogP contribution >= 0.6 is 0 Å². The van der Waals surface area contributed by atoms with Gasteiger partial charge in [-0.1, -0.05) is 41.5 Å². The molecule has 1 aromatic rings. The molecule has 28 heavy (non-hydrogen) atoms. The number of hydrogen-bond acceptors (Lipinski definition) is 5. The summed E-state index contributed by atoms with van der Waals surface area (Å²) in [6.07, 6.45) is -0.430. The summed E-state index contributed by atoms with van der Waals surface area (Å²) >= 11 is 0. The Morgan fingerprint density at radius 3 is 2.18 bits per heavy atom. The largest absolute Gasteiger partial charge is 0.444 e. The molecule has 0 aliphatic carbocycles. The molecule has 1 radical (unpaired) electrons. The lowest BCUT2D eigenvalue weighted by atomic mass is 10.2. The zero-order valence-electron chi connectivity index (χ0n) is 19.1. The molecular weight excluding hydrogens is 372 g/mol. The number of nitrogens with two attached hydrogens (primary N) is 1. The van der Waals surface area contributed by atoms with E-state index in [1.807, 2.05) is 31.5 Å². The monoisotopic (exact) mass is 411 g/mol. The van der Waals surface area contributed by atoms with E-state index in [9.17, 15) is 4.79 Å². The zero-order valence-corrected chi connectivity index (χ0v) is 20.1. The maximum absolute atomic E-state index is 11.6. The third-order valence-corrected chi connectivity index (χ3v) is 7.83. The van der Waals surface area contributed by atoms with Crippen LogP contribution in [0.15, 0.2) is 6.07 Å². The molecule has 161 valence electrons. The molecule has 7 nitrogen and oxygen atoms in total. The number of hydrogen-bond donors (Lipinski definition) is 2. The van der Waals surface area contributed by atoms with Crippen molar-refractivity contribution < 1.29 is 14.3 Å². The molecule has 0 unspecified atom stereocenters. The number of nitrogen functional groups attached to an aromatic ring is 1. The van der Waals surface area contributed by atoms with Crippen LogP contribution in [-0.4, -0.2) is 50.0 Å². The molecule has 8 heteroatoms. The highest BCUT2D eigenvalue weighted by atomic mass is 28.3. The summed E-state index contributed by atoms with van der Waals surface area (Å²) in [5.41, 5.74) is 5.52. The third kappa shape index (κ3) is 8.22. The second kappa shape index (κ2) is 9.30. The van der Waals surface area contributed by atoms with Gasteiger partial charge >= 0.3 is 6.09 Å². The summed E-state index contributed by atoms with van der Waals surface area (Å²) in [6, 6.07) is 2.02. The molecule has 0 atom stereocenters. The average Bonchev–Trinajstić information content (AvgIpc) is 2.77. The molecule has 0 aromatic carbocycles. The Bertz CT molecular complexity index is 625. The number of alkyl carbamates (subject to hydrolysis) is 1. The number of ether oxygens (including phenoxy) is 2. The minimum Gasteiger partial charge on any atom is -0.444 e. The number of amides is 1. The minimum absolute atomic E-state index is 0.172. The molecular formula is C20H39N4O3Si. The number of nitrogens with zero attached hydrogens (tertiary/aromatic N) is 2. The summed E-state index contributed by atoms with van der Waals surface area (Å²) < 4.78 is 12.9. The van der Waals surface area contributed by atoms with Gasteiger partial charge in [-0.3, -0.25) is 4.68 Å². The van der Waals surface area contributed by atoms with Crippen LogP contribution in [0.4, 0.5) is 10.6 Å². The van der Waals surface area contributed by atoms with Crippen molar-refractivity contribution in [1.29, 1.82) is 0 Å². The van der Waals surface area contributed by atoms with Gasteiger partial charge in [0.05, 0.1) is 19.8 Å². The molecule has 1 aromatic heterocycles. The lowest BCUT2D eigenvalue weighted by Crippen LogP contribution is -2.49. The van der Waals surface area contributed by atoms with E-state index in [2.05, 4.69) is 52.0 Å². The molecule has 3 N–H and O–H groups in total. The van der Waals surface area contributed by atoms with Gasteiger partial charge in [-0.05, 0) is 36.9 Å². The number of rotatable bonds is 7. The van der Waals surface area contributed by atoms with Crippen molar-refractivity contribution in [2.24, 2.45) is 0 Å². The van der Waals surface area contributed by atoms with Crippen molar-refractivity contribution in [3.63, 3.8) is 0 Å². The second-order valence-corrected chi connectivity index (χ2v) is 14.4. The molecule has 0 saturated carbocycles. The maximum Gasteiger partial charge on any atom is 0.407 e. The van der Waals surface area contributed by atoms with Gasteiger partial charge in [0.25, 0.3) is 0 Å². The highest BCUT2D eigenvalue weighted by Gasteiger charge is 2.40. The average molecular weight is 412 g/mol. The molecule has 1 amide bonds. The summed E-state index contributed by atoms with van der Waals surface area (Å²) in [5.74, 6) is 0.553. The molecule has 1 rings (SSSR count). The lowest BCUT2D eigenvalue weighted by molar-refractivity contribution is 0.0496. The van der Waals surface area contributed by atoms with Gasteiger partial charge in [0.15, 0.2) is 0 Å². The first-order valence-electron chi connectivity index (χ1n) is 9.87. The Hall–Kier alpha value is -1.54. The highest BCUT2D eigenvalue weighted by Crippen LogP contribution is 2.41. The Balaban J connectivity index is 2.60. The Labute approximate surface area is 171 Å². The third-order valence-electron chi connectivity index (χ3n) is 3.92. The molecule has 0 bridgehead atoms. The summed E-state index contributed by atoms with van der Waals surface area (Å²) in [5, 5.41) is 8.76. The van der Waals surface area contributed by atoms with Crippen molar-refractivity contribution in [3.8, 4) is 0 Å². The Morgan fingerprint density at radius 2 is 1.68 bits per heavy atom. The van der Waals surface area contributed by atoms with Crippen molar-refractivity contribution in [2.75, 3.05) is 25.5 Å². The van der Waals surface area contributed by atoms with E-state index in [4.69, 9.17) is 15.2 Å². The molecule has 0 saturated heterocycles. The first-order valence-corrected chi connectivity index (χ1v) is 11.4. The van der Waals surface area contributed by atoms with Gasteiger partial charge < -0.3 is 20.5 Å². The Morgan fingerprint density at radius 1 is 1.11 bits per heavy atom.